The third-order valence-electron chi connectivity index (χ3n) is 5.26. The molecule has 0 bridgehead atoms. The van der Waals surface area contributed by atoms with Crippen molar-refractivity contribution in [2.45, 2.75) is 13.8 Å². The lowest BCUT2D eigenvalue weighted by Gasteiger charge is -2.18. The summed E-state index contributed by atoms with van der Waals surface area (Å²) < 4.78 is 2.02. The molecule has 2 N–H and O–H groups in total. The molecule has 3 heterocycles. The van der Waals surface area contributed by atoms with Crippen LogP contribution in [-0.4, -0.2) is 51.4 Å². The van der Waals surface area contributed by atoms with Gasteiger partial charge in [-0.2, -0.15) is 11.3 Å². The van der Waals surface area contributed by atoms with E-state index in [2.05, 4.69) is 50.8 Å². The molecule has 160 valence electrons. The van der Waals surface area contributed by atoms with Crippen LogP contribution in [-0.2, 0) is 0 Å². The average Bonchev–Trinajstić information content (AvgIpc) is 3.50. The normalized spacial score (nSPS) is 11.2. The van der Waals surface area contributed by atoms with E-state index in [1.54, 1.807) is 17.5 Å². The van der Waals surface area contributed by atoms with Crippen molar-refractivity contribution >= 4 is 34.4 Å². The third-order valence-corrected chi connectivity index (χ3v) is 5.95. The number of carbonyl (C=O) groups excluding carboxylic acids is 1. The fourth-order valence-electron chi connectivity index (χ4n) is 3.44. The minimum absolute atomic E-state index is 0.0624. The van der Waals surface area contributed by atoms with Gasteiger partial charge in [-0.1, -0.05) is 13.8 Å². The summed E-state index contributed by atoms with van der Waals surface area (Å²) in [5, 5.41) is 10.4. The van der Waals surface area contributed by atoms with E-state index in [0.29, 0.717) is 17.9 Å². The van der Waals surface area contributed by atoms with Crippen LogP contribution < -0.4 is 10.6 Å². The zero-order valence-electron chi connectivity index (χ0n) is 17.7. The first-order valence-electron chi connectivity index (χ1n) is 10.4. The maximum atomic E-state index is 12.4. The summed E-state index contributed by atoms with van der Waals surface area (Å²) in [7, 11) is 0. The quantitative estimate of drug-likeness (QED) is 0.411. The number of thiophene rings is 1. The lowest BCUT2D eigenvalue weighted by atomic mass is 10.2. The zero-order chi connectivity index (χ0) is 21.6. The van der Waals surface area contributed by atoms with Crippen LogP contribution in [0.1, 0.15) is 24.2 Å². The second-order valence-electron chi connectivity index (χ2n) is 7.11. The van der Waals surface area contributed by atoms with Gasteiger partial charge in [0.2, 0.25) is 0 Å². The predicted octanol–water partition coefficient (Wildman–Crippen LogP) is 4.27. The van der Waals surface area contributed by atoms with Crippen molar-refractivity contribution in [2.24, 2.45) is 0 Å². The Bertz CT molecular complexity index is 1130. The molecule has 0 saturated heterocycles. The first kappa shape index (κ1) is 21.0. The molecule has 31 heavy (non-hydrogen) atoms. The summed E-state index contributed by atoms with van der Waals surface area (Å²) in [5.41, 5.74) is 4.35. The molecule has 0 saturated carbocycles. The van der Waals surface area contributed by atoms with Gasteiger partial charge in [-0.3, -0.25) is 9.20 Å². The van der Waals surface area contributed by atoms with E-state index in [9.17, 15) is 4.79 Å². The van der Waals surface area contributed by atoms with Crippen molar-refractivity contribution in [3.05, 3.63) is 65.2 Å². The van der Waals surface area contributed by atoms with Gasteiger partial charge >= 0.3 is 0 Å². The highest BCUT2D eigenvalue weighted by Gasteiger charge is 2.11. The Morgan fingerprint density at radius 3 is 2.65 bits per heavy atom. The fraction of sp³-hybridized carbons (Fsp3) is 0.261. The lowest BCUT2D eigenvalue weighted by Crippen LogP contribution is -2.34. The van der Waals surface area contributed by atoms with Gasteiger partial charge in [-0.05, 0) is 48.8 Å². The first-order chi connectivity index (χ1) is 15.2. The first-order valence-corrected chi connectivity index (χ1v) is 11.4. The Morgan fingerprint density at radius 1 is 1.13 bits per heavy atom. The number of amides is 1. The van der Waals surface area contributed by atoms with Crippen molar-refractivity contribution in [1.82, 2.24) is 24.6 Å². The highest BCUT2D eigenvalue weighted by atomic mass is 32.1. The molecule has 0 spiro atoms. The van der Waals surface area contributed by atoms with Crippen LogP contribution in [0.3, 0.4) is 0 Å². The predicted molar refractivity (Wildman–Crippen MR) is 126 cm³/mol. The van der Waals surface area contributed by atoms with Crippen LogP contribution in [0.25, 0.3) is 16.9 Å². The molecule has 0 aliphatic heterocycles. The molecule has 0 unspecified atom stereocenters. The molecule has 1 aromatic carbocycles. The minimum Gasteiger partial charge on any atom is -0.351 e. The number of anilines is 2. The molecule has 0 aliphatic carbocycles. The summed E-state index contributed by atoms with van der Waals surface area (Å²) >= 11 is 1.65. The second kappa shape index (κ2) is 9.72. The lowest BCUT2D eigenvalue weighted by molar-refractivity contribution is 0.0949. The van der Waals surface area contributed by atoms with Crippen molar-refractivity contribution in [3.63, 3.8) is 0 Å². The van der Waals surface area contributed by atoms with E-state index in [1.807, 2.05) is 46.4 Å². The Hall–Kier alpha value is -3.23. The Morgan fingerprint density at radius 2 is 1.94 bits per heavy atom. The Kier molecular flexibility index (Phi) is 6.59. The summed E-state index contributed by atoms with van der Waals surface area (Å²) in [6, 6.07) is 9.47. The van der Waals surface area contributed by atoms with Crippen LogP contribution in [0.15, 0.2) is 59.7 Å². The van der Waals surface area contributed by atoms with Crippen molar-refractivity contribution < 1.29 is 4.79 Å². The van der Waals surface area contributed by atoms with Crippen LogP contribution in [0.5, 0.6) is 0 Å². The maximum Gasteiger partial charge on any atom is 0.251 e. The average molecular weight is 435 g/mol. The molecule has 0 fully saturated rings. The SMILES string of the molecule is CCN(CC)CCNC(=O)c1ccc(Nc2ncc(-c3ccsc3)n3ccnc23)cc1. The van der Waals surface area contributed by atoms with Gasteiger partial charge < -0.3 is 15.5 Å². The van der Waals surface area contributed by atoms with Gasteiger partial charge in [0.25, 0.3) is 5.91 Å². The number of imidazole rings is 1. The number of rotatable bonds is 9. The second-order valence-corrected chi connectivity index (χ2v) is 7.89. The van der Waals surface area contributed by atoms with Gasteiger partial charge in [0, 0.05) is 47.7 Å². The molecular formula is C23H26N6OS. The van der Waals surface area contributed by atoms with Crippen LogP contribution in [0.2, 0.25) is 0 Å². The monoisotopic (exact) mass is 434 g/mol. The van der Waals surface area contributed by atoms with Crippen molar-refractivity contribution in [1.29, 1.82) is 0 Å². The highest BCUT2D eigenvalue weighted by molar-refractivity contribution is 7.08. The van der Waals surface area contributed by atoms with E-state index in [1.165, 1.54) is 0 Å². The number of nitrogens with one attached hydrogen (secondary N) is 2. The van der Waals surface area contributed by atoms with Gasteiger partial charge in [-0.15, -0.1) is 0 Å². The number of fused-ring (bicyclic) bond motifs is 1. The number of benzene rings is 1. The number of likely N-dealkylation sites (N-methyl/N-ethyl adjacent to an activating group) is 1. The Labute approximate surface area is 185 Å². The fourth-order valence-corrected chi connectivity index (χ4v) is 4.09. The molecule has 1 amide bonds. The molecule has 7 nitrogen and oxygen atoms in total. The summed E-state index contributed by atoms with van der Waals surface area (Å²) in [6.45, 7) is 7.71. The van der Waals surface area contributed by atoms with Crippen molar-refractivity contribution in [2.75, 3.05) is 31.5 Å². The largest absolute Gasteiger partial charge is 0.351 e. The minimum atomic E-state index is -0.0624. The number of aromatic nitrogens is 3. The zero-order valence-corrected chi connectivity index (χ0v) is 18.5. The van der Waals surface area contributed by atoms with Gasteiger partial charge in [0.15, 0.2) is 11.5 Å². The maximum absolute atomic E-state index is 12.4. The molecule has 4 rings (SSSR count). The Balaban J connectivity index is 1.44. The molecular weight excluding hydrogens is 408 g/mol. The van der Waals surface area contributed by atoms with Crippen LogP contribution in [0, 0.1) is 0 Å². The van der Waals surface area contributed by atoms with Crippen molar-refractivity contribution in [3.8, 4) is 11.3 Å². The molecule has 0 atom stereocenters. The number of nitrogens with zero attached hydrogens (tertiary/aromatic N) is 4. The van der Waals surface area contributed by atoms with Gasteiger partial charge in [0.05, 0.1) is 11.9 Å². The molecule has 4 aromatic rings. The smallest absolute Gasteiger partial charge is 0.251 e. The van der Waals surface area contributed by atoms with Crippen LogP contribution >= 0.6 is 11.3 Å². The third kappa shape index (κ3) is 4.76. The summed E-state index contributed by atoms with van der Waals surface area (Å²) in [4.78, 5) is 23.7. The van der Waals surface area contributed by atoms with E-state index < -0.39 is 0 Å². The topological polar surface area (TPSA) is 74.6 Å². The molecule has 3 aromatic heterocycles. The number of carbonyl (C=O) groups is 1. The molecule has 0 aliphatic rings. The number of hydrogen-bond donors (Lipinski definition) is 2. The highest BCUT2D eigenvalue weighted by Crippen LogP contribution is 2.26. The van der Waals surface area contributed by atoms with Crippen LogP contribution in [0.4, 0.5) is 11.5 Å². The van der Waals surface area contributed by atoms with Gasteiger partial charge in [0.1, 0.15) is 0 Å². The van der Waals surface area contributed by atoms with E-state index in [4.69, 9.17) is 0 Å². The molecule has 8 heteroatoms. The summed E-state index contributed by atoms with van der Waals surface area (Å²) in [5.74, 6) is 0.605. The van der Waals surface area contributed by atoms with E-state index >= 15 is 0 Å². The van der Waals surface area contributed by atoms with E-state index in [0.717, 1.165) is 42.2 Å². The standard InChI is InChI=1S/C23H26N6OS/c1-3-28(4-2)12-10-25-23(30)17-5-7-19(8-6-17)27-21-22-24-11-13-29(22)20(15-26-21)18-9-14-31-16-18/h5-9,11,13-16H,3-4,10,12H2,1-2H3,(H,25,30)(H,26,27). The van der Waals surface area contributed by atoms with E-state index in [-0.39, 0.29) is 5.91 Å². The number of hydrogen-bond acceptors (Lipinski definition) is 6. The molecule has 0 radical (unpaired) electrons. The summed E-state index contributed by atoms with van der Waals surface area (Å²) in [6.07, 6.45) is 5.54. The van der Waals surface area contributed by atoms with Gasteiger partial charge in [-0.25, -0.2) is 9.97 Å².